The van der Waals surface area contributed by atoms with Gasteiger partial charge in [-0.1, -0.05) is 24.1 Å². The molecule has 0 fully saturated rings. The van der Waals surface area contributed by atoms with Crippen molar-refractivity contribution in [3.63, 3.8) is 0 Å². The fraction of sp³-hybridized carbons (Fsp3) is 0. The molecule has 0 aliphatic rings. The van der Waals surface area contributed by atoms with E-state index in [1.165, 1.54) is 0 Å². The molecule has 11 heavy (non-hydrogen) atoms. The van der Waals surface area contributed by atoms with Gasteiger partial charge in [-0.05, 0) is 12.1 Å². The maximum Gasteiger partial charge on any atom is 0.0176 e. The van der Waals surface area contributed by atoms with Crippen molar-refractivity contribution in [3.05, 3.63) is 30.3 Å². The van der Waals surface area contributed by atoms with E-state index in [0.717, 1.165) is 15.6 Å². The first-order valence-corrected chi connectivity index (χ1v) is 5.64. The minimum atomic E-state index is -1.12. The Hall–Kier alpha value is -0.740. The largest absolute Gasteiger partial charge is 0.441 e. The van der Waals surface area contributed by atoms with Crippen molar-refractivity contribution in [3.8, 4) is 0 Å². The van der Waals surface area contributed by atoms with Gasteiger partial charge in [-0.25, -0.2) is 0 Å². The van der Waals surface area contributed by atoms with Crippen LogP contribution in [0, 0.1) is 0 Å². The number of benzene rings is 1. The van der Waals surface area contributed by atoms with Crippen LogP contribution in [0.2, 0.25) is 0 Å². The predicted molar refractivity (Wildman–Crippen MR) is 52.6 cm³/mol. The van der Waals surface area contributed by atoms with Gasteiger partial charge < -0.3 is 8.93 Å². The molecule has 0 aliphatic heterocycles. The summed E-state index contributed by atoms with van der Waals surface area (Å²) in [5.74, 6) is 3.44. The number of para-hydroxylation sites is 1. The first-order chi connectivity index (χ1) is 5.33. The van der Waals surface area contributed by atoms with Gasteiger partial charge in [-0.15, -0.1) is 9.54 Å². The molecule has 0 heterocycles. The van der Waals surface area contributed by atoms with Crippen molar-refractivity contribution in [2.45, 2.75) is 0 Å². The summed E-state index contributed by atoms with van der Waals surface area (Å²) in [4.78, 5) is 0. The van der Waals surface area contributed by atoms with E-state index < -0.39 is 9.54 Å². The Labute approximate surface area is 70.6 Å². The molecular weight excluding hydrogens is 178 g/mol. The lowest BCUT2D eigenvalue weighted by Gasteiger charge is -2.05. The summed E-state index contributed by atoms with van der Waals surface area (Å²) in [7, 11) is -0.0917. The van der Waals surface area contributed by atoms with Crippen LogP contribution in [0.3, 0.4) is 0 Å². The second kappa shape index (κ2) is 4.20. The molecule has 0 radical (unpaired) electrons. The van der Waals surface area contributed by atoms with E-state index in [9.17, 15) is 4.21 Å². The predicted octanol–water partition coefficient (Wildman–Crippen LogP) is 1.41. The van der Waals surface area contributed by atoms with E-state index >= 15 is 0 Å². The molecule has 1 rings (SSSR count). The van der Waals surface area contributed by atoms with Crippen LogP contribution in [0.5, 0.6) is 0 Å². The Morgan fingerprint density at radius 1 is 1.36 bits per heavy atom. The molecule has 60 valence electrons. The van der Waals surface area contributed by atoms with E-state index in [1.807, 2.05) is 30.3 Å². The number of rotatable bonds is 2. The number of nitrogens with one attached hydrogen (secondary N) is 1. The van der Waals surface area contributed by atoms with Crippen LogP contribution in [-0.4, -0.2) is 5.87 Å². The highest BCUT2D eigenvalue weighted by Crippen LogP contribution is 2.03. The molecule has 1 N–H and O–H groups in total. The average molecular weight is 186 g/mol. The number of hydrogen-bond donors (Lipinski definition) is 1. The van der Waals surface area contributed by atoms with Crippen LogP contribution in [0.15, 0.2) is 30.3 Å². The summed E-state index contributed by atoms with van der Waals surface area (Å²) in [5.41, 5.74) is 0.849. The van der Waals surface area contributed by atoms with E-state index in [4.69, 9.17) is 0 Å². The highest BCUT2D eigenvalue weighted by molar-refractivity contribution is 8.28. The Balaban J connectivity index is 2.81. The van der Waals surface area contributed by atoms with E-state index in [2.05, 4.69) is 10.6 Å². The van der Waals surface area contributed by atoms with Crippen LogP contribution < -0.4 is 4.72 Å². The van der Waals surface area contributed by atoms with Crippen molar-refractivity contribution in [1.29, 1.82) is 0 Å². The first kappa shape index (κ1) is 8.36. The second-order valence-corrected chi connectivity index (χ2v) is 4.35. The van der Waals surface area contributed by atoms with Gasteiger partial charge >= 0.3 is 0 Å². The molecule has 0 aliphatic carbocycles. The summed E-state index contributed by atoms with van der Waals surface area (Å²) in [6.45, 7) is 0. The van der Waals surface area contributed by atoms with Crippen molar-refractivity contribution in [1.82, 2.24) is 0 Å². The zero-order valence-corrected chi connectivity index (χ0v) is 7.45. The molecular formula is C7H8NOS2-. The molecule has 4 heteroatoms. The highest BCUT2D eigenvalue weighted by atomic mass is 32.8. The van der Waals surface area contributed by atoms with Gasteiger partial charge in [0.05, 0.1) is 0 Å². The topological polar surface area (TPSA) is 29.1 Å². The molecule has 0 atom stereocenters. The van der Waals surface area contributed by atoms with Crippen molar-refractivity contribution < 1.29 is 4.21 Å². The summed E-state index contributed by atoms with van der Waals surface area (Å²) in [6.07, 6.45) is 0. The summed E-state index contributed by atoms with van der Waals surface area (Å²) >= 11 is 0. The van der Waals surface area contributed by atoms with Crippen molar-refractivity contribution in [2.24, 2.45) is 0 Å². The molecule has 1 aromatic carbocycles. The lowest BCUT2D eigenvalue weighted by Crippen LogP contribution is -1.92. The third-order valence-electron chi connectivity index (χ3n) is 1.08. The van der Waals surface area contributed by atoms with Crippen LogP contribution in [-0.2, 0) is 23.7 Å². The number of anilines is 1. The molecule has 0 bridgehead atoms. The van der Waals surface area contributed by atoms with E-state index in [0.29, 0.717) is 0 Å². The maximum absolute atomic E-state index is 10.9. The van der Waals surface area contributed by atoms with Gasteiger partial charge in [0.25, 0.3) is 0 Å². The zero-order chi connectivity index (χ0) is 8.10. The van der Waals surface area contributed by atoms with Crippen LogP contribution in [0.25, 0.3) is 0 Å². The SMILES string of the molecule is C=S=[S-](=O)Nc1ccccc1. The Kier molecular flexibility index (Phi) is 3.19. The van der Waals surface area contributed by atoms with Crippen LogP contribution in [0.1, 0.15) is 0 Å². The van der Waals surface area contributed by atoms with Gasteiger partial charge in [-0.2, -0.15) is 0 Å². The van der Waals surface area contributed by atoms with E-state index in [1.54, 1.807) is 0 Å². The van der Waals surface area contributed by atoms with Gasteiger partial charge in [0.1, 0.15) is 0 Å². The molecule has 0 unspecified atom stereocenters. The normalized spacial score (nSPS) is 9.55. The molecule has 0 saturated carbocycles. The summed E-state index contributed by atoms with van der Waals surface area (Å²) in [5, 5.41) is 0. The fourth-order valence-electron chi connectivity index (χ4n) is 0.632. The monoisotopic (exact) mass is 186 g/mol. The van der Waals surface area contributed by atoms with Gasteiger partial charge in [0.15, 0.2) is 0 Å². The third-order valence-corrected chi connectivity index (χ3v) is 2.59. The smallest absolute Gasteiger partial charge is 0.0176 e. The van der Waals surface area contributed by atoms with Crippen molar-refractivity contribution >= 4 is 31.0 Å². The molecule has 0 amide bonds. The third kappa shape index (κ3) is 2.78. The van der Waals surface area contributed by atoms with Crippen LogP contribution in [0.4, 0.5) is 5.69 Å². The Morgan fingerprint density at radius 3 is 2.55 bits per heavy atom. The van der Waals surface area contributed by atoms with Gasteiger partial charge in [0, 0.05) is 5.69 Å². The minimum absolute atomic E-state index is 0.849. The molecule has 2 nitrogen and oxygen atoms in total. The van der Waals surface area contributed by atoms with E-state index in [-0.39, 0.29) is 0 Å². The summed E-state index contributed by atoms with van der Waals surface area (Å²) in [6, 6.07) is 9.38. The molecule has 1 aromatic rings. The second-order valence-electron chi connectivity index (χ2n) is 1.82. The standard InChI is InChI=1S/C7H8NOS2/c1-10-11(9)8-7-5-3-2-4-6-7/h2-6H,1H2,(H,8,9)/q-1. The maximum atomic E-state index is 10.9. The lowest BCUT2D eigenvalue weighted by atomic mass is 10.3. The Morgan fingerprint density at radius 2 is 2.00 bits per heavy atom. The Bertz CT molecular complexity index is 324. The first-order valence-electron chi connectivity index (χ1n) is 2.99. The van der Waals surface area contributed by atoms with Crippen LogP contribution >= 0.6 is 0 Å². The van der Waals surface area contributed by atoms with Gasteiger partial charge in [-0.3, -0.25) is 9.91 Å². The number of hydrogen-bond acceptors (Lipinski definition) is 2. The average Bonchev–Trinajstić information content (AvgIpc) is 2.06. The summed E-state index contributed by atoms with van der Waals surface area (Å²) < 4.78 is 13.6. The van der Waals surface area contributed by atoms with Crippen molar-refractivity contribution in [2.75, 3.05) is 4.72 Å². The molecule has 0 aromatic heterocycles. The lowest BCUT2D eigenvalue weighted by molar-refractivity contribution is 0.606. The zero-order valence-electron chi connectivity index (χ0n) is 5.82. The van der Waals surface area contributed by atoms with Gasteiger partial charge in [0.2, 0.25) is 0 Å². The quantitative estimate of drug-likeness (QED) is 0.549. The fourth-order valence-corrected chi connectivity index (χ4v) is 1.48. The molecule has 0 saturated heterocycles. The highest BCUT2D eigenvalue weighted by Gasteiger charge is 1.78. The molecule has 0 spiro atoms. The minimum Gasteiger partial charge on any atom is -0.441 e.